The first-order valence-electron chi connectivity index (χ1n) is 4.58. The third kappa shape index (κ3) is 4.28. The molecule has 4 heteroatoms. The van der Waals surface area contributed by atoms with Gasteiger partial charge in [0, 0.05) is 0 Å². The minimum atomic E-state index is -0.176. The zero-order chi connectivity index (χ0) is 11.1. The molecular weight excluding hydrogens is 180 g/mol. The van der Waals surface area contributed by atoms with Crippen LogP contribution in [0.1, 0.15) is 13.8 Å². The lowest BCUT2D eigenvalue weighted by molar-refractivity contribution is 0.287. The van der Waals surface area contributed by atoms with Gasteiger partial charge in [0.2, 0.25) is 5.90 Å². The van der Waals surface area contributed by atoms with Gasteiger partial charge < -0.3 is 15.2 Å². The molecule has 0 saturated carbocycles. The van der Waals surface area contributed by atoms with Gasteiger partial charge in [0.25, 0.3) is 0 Å². The molecule has 4 nitrogen and oxygen atoms in total. The number of rotatable bonds is 5. The third-order valence-corrected chi connectivity index (χ3v) is 1.91. The summed E-state index contributed by atoms with van der Waals surface area (Å²) in [5.74, 6) is 1.43. The van der Waals surface area contributed by atoms with E-state index in [0.29, 0.717) is 24.1 Å². The zero-order valence-corrected chi connectivity index (χ0v) is 9.41. The van der Waals surface area contributed by atoms with Crippen LogP contribution in [0.15, 0.2) is 17.3 Å². The fourth-order valence-electron chi connectivity index (χ4n) is 0.822. The second-order valence-corrected chi connectivity index (χ2v) is 3.37. The Bertz CT molecular complexity index is 212. The molecule has 0 radical (unpaired) electrons. The van der Waals surface area contributed by atoms with Gasteiger partial charge in [-0.3, -0.25) is 0 Å². The highest BCUT2D eigenvalue weighted by Gasteiger charge is 2.15. The number of hydrogen-bond acceptors (Lipinski definition) is 4. The highest BCUT2D eigenvalue weighted by molar-refractivity contribution is 5.81. The summed E-state index contributed by atoms with van der Waals surface area (Å²) in [6.45, 7) is 8.08. The number of ether oxygens (including phenoxy) is 2. The minimum Gasteiger partial charge on any atom is -0.500 e. The molecule has 0 bridgehead atoms. The molecule has 0 rings (SSSR count). The van der Waals surface area contributed by atoms with Crippen molar-refractivity contribution in [1.82, 2.24) is 0 Å². The van der Waals surface area contributed by atoms with Crippen molar-refractivity contribution in [1.29, 1.82) is 0 Å². The van der Waals surface area contributed by atoms with E-state index in [-0.39, 0.29) is 6.04 Å². The van der Waals surface area contributed by atoms with Crippen LogP contribution >= 0.6 is 0 Å². The monoisotopic (exact) mass is 200 g/mol. The lowest BCUT2D eigenvalue weighted by atomic mass is 10.1. The number of hydrogen-bond donors (Lipinski definition) is 1. The molecule has 0 saturated heterocycles. The summed E-state index contributed by atoms with van der Waals surface area (Å²) < 4.78 is 9.98. The molecule has 82 valence electrons. The quantitative estimate of drug-likeness (QED) is 0.412. The van der Waals surface area contributed by atoms with Crippen LogP contribution in [0.25, 0.3) is 0 Å². The molecule has 0 aliphatic heterocycles. The fourth-order valence-corrected chi connectivity index (χ4v) is 0.822. The first-order valence-corrected chi connectivity index (χ1v) is 4.58. The van der Waals surface area contributed by atoms with Gasteiger partial charge in [-0.25, -0.2) is 4.99 Å². The lowest BCUT2D eigenvalue weighted by Gasteiger charge is -2.16. The Balaban J connectivity index is 4.32. The summed E-state index contributed by atoms with van der Waals surface area (Å²) in [4.78, 5) is 4.18. The van der Waals surface area contributed by atoms with Crippen LogP contribution in [-0.4, -0.2) is 32.7 Å². The maximum Gasteiger partial charge on any atom is 0.201 e. The van der Waals surface area contributed by atoms with Gasteiger partial charge in [0.1, 0.15) is 5.76 Å². The molecule has 0 spiro atoms. The molecular formula is C10H20N2O2. The van der Waals surface area contributed by atoms with E-state index in [9.17, 15) is 0 Å². The molecule has 0 heterocycles. The molecule has 14 heavy (non-hydrogen) atoms. The Hall–Kier alpha value is -1.03. The Morgan fingerprint density at radius 1 is 1.36 bits per heavy atom. The average Bonchev–Trinajstić information content (AvgIpc) is 2.17. The summed E-state index contributed by atoms with van der Waals surface area (Å²) in [6.07, 6.45) is 0. The van der Waals surface area contributed by atoms with Gasteiger partial charge in [-0.15, -0.1) is 0 Å². The predicted molar refractivity (Wildman–Crippen MR) is 58.3 cm³/mol. The van der Waals surface area contributed by atoms with Crippen molar-refractivity contribution in [2.75, 3.05) is 20.8 Å². The largest absolute Gasteiger partial charge is 0.500 e. The SMILES string of the molecule is C=C(C/N=C(/OC)[C@@H](N)C(C)C)OC. The molecule has 0 amide bonds. The standard InChI is InChI=1S/C10H20N2O2/c1-7(2)9(11)10(14-5)12-6-8(3)13-4/h7,9H,3,6,11H2,1-2,4-5H3/b12-10+/t9-/m0/s1. The summed E-state index contributed by atoms with van der Waals surface area (Å²) >= 11 is 0. The topological polar surface area (TPSA) is 56.8 Å². The van der Waals surface area contributed by atoms with Crippen LogP contribution in [0.2, 0.25) is 0 Å². The van der Waals surface area contributed by atoms with E-state index >= 15 is 0 Å². The van der Waals surface area contributed by atoms with Crippen molar-refractivity contribution >= 4 is 5.90 Å². The zero-order valence-electron chi connectivity index (χ0n) is 9.41. The van der Waals surface area contributed by atoms with E-state index in [4.69, 9.17) is 15.2 Å². The van der Waals surface area contributed by atoms with Crippen molar-refractivity contribution in [3.8, 4) is 0 Å². The Labute approximate surface area is 85.8 Å². The Morgan fingerprint density at radius 2 is 1.93 bits per heavy atom. The van der Waals surface area contributed by atoms with E-state index < -0.39 is 0 Å². The van der Waals surface area contributed by atoms with Crippen molar-refractivity contribution in [2.45, 2.75) is 19.9 Å². The second kappa shape index (κ2) is 6.43. The van der Waals surface area contributed by atoms with Gasteiger partial charge in [-0.2, -0.15) is 0 Å². The van der Waals surface area contributed by atoms with Crippen LogP contribution in [0, 0.1) is 5.92 Å². The smallest absolute Gasteiger partial charge is 0.201 e. The van der Waals surface area contributed by atoms with E-state index in [1.807, 2.05) is 13.8 Å². The molecule has 1 atom stereocenters. The van der Waals surface area contributed by atoms with Crippen molar-refractivity contribution in [3.63, 3.8) is 0 Å². The van der Waals surface area contributed by atoms with Crippen LogP contribution in [0.4, 0.5) is 0 Å². The second-order valence-electron chi connectivity index (χ2n) is 3.37. The van der Waals surface area contributed by atoms with Gasteiger partial charge >= 0.3 is 0 Å². The molecule has 0 aliphatic rings. The summed E-state index contributed by atoms with van der Waals surface area (Å²) in [5.41, 5.74) is 5.87. The average molecular weight is 200 g/mol. The Kier molecular flexibility index (Phi) is 5.95. The van der Waals surface area contributed by atoms with E-state index in [2.05, 4.69) is 11.6 Å². The maximum absolute atomic E-state index is 5.87. The first-order chi connectivity index (χ1) is 6.52. The summed E-state index contributed by atoms with van der Waals surface area (Å²) in [5, 5.41) is 0. The molecule has 0 unspecified atom stereocenters. The van der Waals surface area contributed by atoms with Gasteiger partial charge in [0.15, 0.2) is 0 Å². The van der Waals surface area contributed by atoms with Gasteiger partial charge in [0.05, 0.1) is 26.8 Å². The van der Waals surface area contributed by atoms with E-state index in [1.165, 1.54) is 0 Å². The molecule has 2 N–H and O–H groups in total. The van der Waals surface area contributed by atoms with Crippen molar-refractivity contribution in [2.24, 2.45) is 16.6 Å². The highest BCUT2D eigenvalue weighted by Crippen LogP contribution is 2.03. The van der Waals surface area contributed by atoms with Crippen LogP contribution in [0.5, 0.6) is 0 Å². The number of aliphatic imine (C=N–C) groups is 1. The van der Waals surface area contributed by atoms with Crippen LogP contribution < -0.4 is 5.73 Å². The van der Waals surface area contributed by atoms with Crippen LogP contribution in [-0.2, 0) is 9.47 Å². The minimum absolute atomic E-state index is 0.176. The fraction of sp³-hybridized carbons (Fsp3) is 0.700. The molecule has 0 fully saturated rings. The van der Waals surface area contributed by atoms with Gasteiger partial charge in [-0.05, 0) is 5.92 Å². The third-order valence-electron chi connectivity index (χ3n) is 1.91. The van der Waals surface area contributed by atoms with E-state index in [0.717, 1.165) is 0 Å². The summed E-state index contributed by atoms with van der Waals surface area (Å²) in [7, 11) is 3.13. The normalized spacial score (nSPS) is 14.0. The van der Waals surface area contributed by atoms with Gasteiger partial charge in [-0.1, -0.05) is 20.4 Å². The maximum atomic E-state index is 5.87. The number of nitrogens with two attached hydrogens (primary N) is 1. The molecule has 0 aromatic carbocycles. The number of methoxy groups -OCH3 is 2. The molecule has 0 aromatic rings. The predicted octanol–water partition coefficient (Wildman–Crippen LogP) is 1.17. The highest BCUT2D eigenvalue weighted by atomic mass is 16.5. The van der Waals surface area contributed by atoms with Crippen LogP contribution in [0.3, 0.4) is 0 Å². The van der Waals surface area contributed by atoms with Crippen molar-refractivity contribution < 1.29 is 9.47 Å². The Morgan fingerprint density at radius 3 is 2.29 bits per heavy atom. The molecule has 0 aliphatic carbocycles. The summed E-state index contributed by atoms with van der Waals surface area (Å²) in [6, 6.07) is -0.176. The van der Waals surface area contributed by atoms with Crippen molar-refractivity contribution in [3.05, 3.63) is 12.3 Å². The molecule has 0 aromatic heterocycles. The first kappa shape index (κ1) is 13.0. The number of nitrogens with zero attached hydrogens (tertiary/aromatic N) is 1. The lowest BCUT2D eigenvalue weighted by Crippen LogP contribution is -2.36. The van der Waals surface area contributed by atoms with E-state index in [1.54, 1.807) is 14.2 Å².